The molecule has 0 aliphatic rings. The first-order valence-corrected chi connectivity index (χ1v) is 3.44. The molecule has 0 aromatic heterocycles. The van der Waals surface area contributed by atoms with Gasteiger partial charge >= 0.3 is 0 Å². The van der Waals surface area contributed by atoms with Crippen LogP contribution in [-0.4, -0.2) is 17.1 Å². The molecule has 0 fully saturated rings. The summed E-state index contributed by atoms with van der Waals surface area (Å²) in [7, 11) is 1.25. The topological polar surface area (TPSA) is 26.0 Å². The summed E-state index contributed by atoms with van der Waals surface area (Å²) >= 11 is 0. The van der Waals surface area contributed by atoms with Crippen LogP contribution in [0.25, 0.3) is 0 Å². The highest BCUT2D eigenvalue weighted by Crippen LogP contribution is 1.69. The molecule has 0 saturated carbocycles. The maximum Gasteiger partial charge on any atom is 0.210 e. The van der Waals surface area contributed by atoms with Gasteiger partial charge in [0.1, 0.15) is 0 Å². The van der Waals surface area contributed by atoms with E-state index in [-0.39, 0.29) is 0 Å². The monoisotopic (exact) mass is 87.1 g/mol. The molecule has 2 N–H and O–H groups in total. The van der Waals surface area contributed by atoms with Gasteiger partial charge in [-0.2, -0.15) is 0 Å². The quantitative estimate of drug-likeness (QED) is 0.403. The third-order valence-corrected chi connectivity index (χ3v) is 1.93. The Kier molecular flexibility index (Phi) is 2.60. The second-order valence-corrected chi connectivity index (χ2v) is 2.20. The molecule has 3 heteroatoms. The molecule has 0 atom stereocenters. The number of hydrogen-bond donors (Lipinski definition) is 1. The first-order chi connectivity index (χ1) is 2.27. The predicted octanol–water partition coefficient (Wildman–Crippen LogP) is -1.11. The Balaban J connectivity index is 2.54. The van der Waals surface area contributed by atoms with Gasteiger partial charge in [0.25, 0.3) is 0 Å². The average Bonchev–Trinajstić information content (AvgIpc) is 1.38. The van der Waals surface area contributed by atoms with Gasteiger partial charge in [0.2, 0.25) is 6.85 Å². The van der Waals surface area contributed by atoms with E-state index < -0.39 is 0 Å². The summed E-state index contributed by atoms with van der Waals surface area (Å²) in [5.74, 6) is 1.22. The van der Waals surface area contributed by atoms with Crippen LogP contribution in [0.2, 0.25) is 12.8 Å². The highest BCUT2D eigenvalue weighted by molar-refractivity contribution is 6.61. The number of nitrogens with two attached hydrogens (primary N) is 1. The minimum absolute atomic E-state index is 0.446. The number of hydrogen-bond acceptors (Lipinski definition) is 1. The fourth-order valence-corrected chi connectivity index (χ4v) is 0. The lowest BCUT2D eigenvalue weighted by Crippen LogP contribution is -2.19. The maximum absolute atomic E-state index is 5.33. The highest BCUT2D eigenvalue weighted by atomic mass is 28.1. The van der Waals surface area contributed by atoms with Crippen molar-refractivity contribution in [1.29, 1.82) is 0 Å². The Hall–Kier alpha value is 0.242. The lowest BCUT2D eigenvalue weighted by molar-refractivity contribution is 1.69. The van der Waals surface area contributed by atoms with Gasteiger partial charge in [0.05, 0.1) is 0 Å². The standard InChI is InChI=1S/C2H10BNSi/c1-3(4)2-5/h2,4H2,1,5H3. The Morgan fingerprint density at radius 3 is 2.20 bits per heavy atom. The summed E-state index contributed by atoms with van der Waals surface area (Å²) in [6.07, 6.45) is 0. The van der Waals surface area contributed by atoms with Crippen LogP contribution in [0.3, 0.4) is 0 Å². The lowest BCUT2D eigenvalue weighted by atomic mass is 9.70. The van der Waals surface area contributed by atoms with Crippen molar-refractivity contribution in [3.63, 3.8) is 0 Å². The van der Waals surface area contributed by atoms with E-state index in [4.69, 9.17) is 5.64 Å². The zero-order valence-electron chi connectivity index (χ0n) is 3.86. The van der Waals surface area contributed by atoms with E-state index in [1.54, 1.807) is 0 Å². The molecular formula is C2H10BNSi. The fraction of sp³-hybridized carbons (Fsp3) is 1.00. The molecule has 0 rings (SSSR count). The van der Waals surface area contributed by atoms with Crippen molar-refractivity contribution < 1.29 is 0 Å². The third kappa shape index (κ3) is 4.24. The molecular weight excluding hydrogens is 76.9 g/mol. The summed E-state index contributed by atoms with van der Waals surface area (Å²) in [6, 6.07) is 0. The van der Waals surface area contributed by atoms with E-state index in [0.717, 1.165) is 0 Å². The van der Waals surface area contributed by atoms with Gasteiger partial charge in [-0.25, -0.2) is 0 Å². The van der Waals surface area contributed by atoms with Gasteiger partial charge in [0.15, 0.2) is 0 Å². The molecule has 1 nitrogen and oxygen atoms in total. The minimum atomic E-state index is 0.446. The molecule has 0 aromatic rings. The molecule has 0 unspecified atom stereocenters. The van der Waals surface area contributed by atoms with Crippen molar-refractivity contribution in [2.24, 2.45) is 5.64 Å². The largest absolute Gasteiger partial charge is 0.370 e. The summed E-state index contributed by atoms with van der Waals surface area (Å²) in [4.78, 5) is 0. The first-order valence-electron chi connectivity index (χ1n) is 2.03. The van der Waals surface area contributed by atoms with Gasteiger partial charge < -0.3 is 5.64 Å². The van der Waals surface area contributed by atoms with Crippen LogP contribution in [0.4, 0.5) is 0 Å². The van der Waals surface area contributed by atoms with Gasteiger partial charge in [-0.1, -0.05) is 12.8 Å². The van der Waals surface area contributed by atoms with Crippen LogP contribution < -0.4 is 5.64 Å². The second kappa shape index (κ2) is 2.48. The van der Waals surface area contributed by atoms with Gasteiger partial charge in [0, 0.05) is 0 Å². The van der Waals surface area contributed by atoms with Crippen molar-refractivity contribution >= 4 is 17.1 Å². The smallest absolute Gasteiger partial charge is 0.210 e. The van der Waals surface area contributed by atoms with Crippen molar-refractivity contribution in [2.45, 2.75) is 12.8 Å². The molecule has 0 aliphatic carbocycles. The van der Waals surface area contributed by atoms with Crippen LogP contribution in [0, 0.1) is 0 Å². The molecule has 0 spiro atoms. The van der Waals surface area contributed by atoms with E-state index in [1.807, 2.05) is 6.82 Å². The van der Waals surface area contributed by atoms with E-state index in [0.29, 0.717) is 6.85 Å². The van der Waals surface area contributed by atoms with Crippen molar-refractivity contribution in [1.82, 2.24) is 0 Å². The molecule has 0 saturated heterocycles. The van der Waals surface area contributed by atoms with Crippen molar-refractivity contribution in [3.8, 4) is 0 Å². The Morgan fingerprint density at radius 1 is 2.00 bits per heavy atom. The zero-order chi connectivity index (χ0) is 4.28. The average molecular weight is 87.0 g/mol. The second-order valence-electron chi connectivity index (χ2n) is 1.39. The van der Waals surface area contributed by atoms with Crippen LogP contribution >= 0.6 is 0 Å². The lowest BCUT2D eigenvalue weighted by Gasteiger charge is -1.84. The Morgan fingerprint density at radius 2 is 2.20 bits per heavy atom. The molecule has 0 heterocycles. The van der Waals surface area contributed by atoms with Crippen LogP contribution in [0.15, 0.2) is 0 Å². The molecule has 0 aliphatic heterocycles. The predicted molar refractivity (Wildman–Crippen MR) is 30.6 cm³/mol. The summed E-state index contributed by atoms with van der Waals surface area (Å²) in [5, 5.41) is 0. The van der Waals surface area contributed by atoms with E-state index in [2.05, 4.69) is 0 Å². The third-order valence-electron chi connectivity index (χ3n) is 0.644. The van der Waals surface area contributed by atoms with Crippen LogP contribution in [-0.2, 0) is 0 Å². The fourth-order valence-electron chi connectivity index (χ4n) is 0. The Bertz CT molecular complexity index is 23.6. The molecule has 0 bridgehead atoms. The van der Waals surface area contributed by atoms with E-state index in [9.17, 15) is 0 Å². The SMILES string of the molecule is CB(N)C[SiH3]. The highest BCUT2D eigenvalue weighted by Gasteiger charge is 1.88. The summed E-state index contributed by atoms with van der Waals surface area (Å²) < 4.78 is 0. The van der Waals surface area contributed by atoms with E-state index in [1.165, 1.54) is 16.2 Å². The van der Waals surface area contributed by atoms with Crippen LogP contribution in [0.1, 0.15) is 0 Å². The van der Waals surface area contributed by atoms with Crippen molar-refractivity contribution in [3.05, 3.63) is 0 Å². The van der Waals surface area contributed by atoms with Crippen LogP contribution in [0.5, 0.6) is 0 Å². The molecule has 0 radical (unpaired) electrons. The maximum atomic E-state index is 5.33. The van der Waals surface area contributed by atoms with Crippen molar-refractivity contribution in [2.75, 3.05) is 0 Å². The number of rotatable bonds is 1. The zero-order valence-corrected chi connectivity index (χ0v) is 5.86. The minimum Gasteiger partial charge on any atom is -0.370 e. The Labute approximate surface area is 36.5 Å². The normalized spacial score (nSPS) is 8.40. The molecule has 5 heavy (non-hydrogen) atoms. The van der Waals surface area contributed by atoms with Gasteiger partial charge in [-0.05, 0) is 10.2 Å². The van der Waals surface area contributed by atoms with Gasteiger partial charge in [-0.15, -0.1) is 0 Å². The summed E-state index contributed by atoms with van der Waals surface area (Å²) in [6.45, 7) is 2.48. The molecule has 30 valence electrons. The molecule has 0 aromatic carbocycles. The summed E-state index contributed by atoms with van der Waals surface area (Å²) in [5.41, 5.74) is 5.33. The van der Waals surface area contributed by atoms with Gasteiger partial charge in [-0.3, -0.25) is 0 Å². The molecule has 0 amide bonds. The van der Waals surface area contributed by atoms with E-state index >= 15 is 0 Å². The first kappa shape index (κ1) is 5.24.